The second kappa shape index (κ2) is 6.39. The maximum absolute atomic E-state index is 2.32. The molecule has 2 heterocycles. The smallest absolute Gasteiger partial charge is 0.0521 e. The van der Waals surface area contributed by atoms with Crippen LogP contribution in [0.2, 0.25) is 0 Å². The lowest BCUT2D eigenvalue weighted by atomic mass is 10.0. The molecule has 0 saturated heterocycles. The summed E-state index contributed by atoms with van der Waals surface area (Å²) < 4.78 is 0. The van der Waals surface area contributed by atoms with Gasteiger partial charge in [-0.1, -0.05) is 59.7 Å². The van der Waals surface area contributed by atoms with E-state index in [9.17, 15) is 0 Å². The molecule has 2 aromatic heterocycles. The Morgan fingerprint density at radius 1 is 0.625 bits per heavy atom. The van der Waals surface area contributed by atoms with Crippen LogP contribution in [0.25, 0.3) is 32.0 Å². The number of thiophene rings is 2. The van der Waals surface area contributed by atoms with Crippen molar-refractivity contribution in [2.75, 3.05) is 0 Å². The topological polar surface area (TPSA) is 0 Å². The highest BCUT2D eigenvalue weighted by Crippen LogP contribution is 2.41. The Kier molecular flexibility index (Phi) is 4.09. The molecule has 0 amide bonds. The minimum Gasteiger partial charge on any atom is -0.142 e. The van der Waals surface area contributed by atoms with E-state index in [1.807, 2.05) is 22.7 Å². The van der Waals surface area contributed by atoms with Gasteiger partial charge in [0, 0.05) is 10.4 Å². The van der Waals surface area contributed by atoms with Crippen LogP contribution in [-0.4, -0.2) is 0 Å². The minimum atomic E-state index is 1.29. The van der Waals surface area contributed by atoms with Crippen molar-refractivity contribution in [2.45, 2.75) is 13.8 Å². The van der Waals surface area contributed by atoms with Crippen LogP contribution >= 0.6 is 22.7 Å². The molecule has 4 rings (SSSR count). The van der Waals surface area contributed by atoms with Crippen LogP contribution in [0.5, 0.6) is 0 Å². The predicted molar refractivity (Wildman–Crippen MR) is 108 cm³/mol. The molecule has 118 valence electrons. The Balaban J connectivity index is 1.72. The number of hydrogen-bond donors (Lipinski definition) is 0. The van der Waals surface area contributed by atoms with E-state index in [1.54, 1.807) is 0 Å². The van der Waals surface area contributed by atoms with Crippen LogP contribution in [-0.2, 0) is 0 Å². The molecule has 24 heavy (non-hydrogen) atoms. The van der Waals surface area contributed by atoms with Crippen LogP contribution in [0.1, 0.15) is 11.1 Å². The molecule has 2 heteroatoms. The largest absolute Gasteiger partial charge is 0.142 e. The lowest BCUT2D eigenvalue weighted by Crippen LogP contribution is -1.78. The van der Waals surface area contributed by atoms with Crippen molar-refractivity contribution in [3.63, 3.8) is 0 Å². The Hall–Kier alpha value is -2.16. The van der Waals surface area contributed by atoms with Gasteiger partial charge >= 0.3 is 0 Å². The van der Waals surface area contributed by atoms with Gasteiger partial charge < -0.3 is 0 Å². The minimum absolute atomic E-state index is 1.29. The van der Waals surface area contributed by atoms with E-state index in [0.29, 0.717) is 0 Å². The molecule has 0 saturated carbocycles. The van der Waals surface area contributed by atoms with Crippen molar-refractivity contribution < 1.29 is 0 Å². The molecule has 0 unspecified atom stereocenters. The zero-order valence-electron chi connectivity index (χ0n) is 13.7. The zero-order chi connectivity index (χ0) is 16.5. The molecule has 0 radical (unpaired) electrons. The number of hydrogen-bond acceptors (Lipinski definition) is 2. The summed E-state index contributed by atoms with van der Waals surface area (Å²) in [5, 5.41) is 4.45. The first-order chi connectivity index (χ1) is 11.7. The Morgan fingerprint density at radius 3 is 1.92 bits per heavy atom. The van der Waals surface area contributed by atoms with Crippen LogP contribution < -0.4 is 0 Å². The van der Waals surface area contributed by atoms with Gasteiger partial charge in [0.05, 0.1) is 4.88 Å². The highest BCUT2D eigenvalue weighted by atomic mass is 32.1. The van der Waals surface area contributed by atoms with E-state index < -0.39 is 0 Å². The van der Waals surface area contributed by atoms with E-state index in [0.717, 1.165) is 0 Å². The summed E-state index contributed by atoms with van der Waals surface area (Å²) in [6.45, 7) is 4.26. The monoisotopic (exact) mass is 346 g/mol. The third-order valence-electron chi connectivity index (χ3n) is 4.24. The van der Waals surface area contributed by atoms with Gasteiger partial charge in [-0.05, 0) is 53.4 Å². The zero-order valence-corrected chi connectivity index (χ0v) is 15.4. The molecule has 0 fully saturated rings. The normalized spacial score (nSPS) is 10.9. The van der Waals surface area contributed by atoms with Crippen molar-refractivity contribution in [1.82, 2.24) is 0 Å². The van der Waals surface area contributed by atoms with Crippen LogP contribution in [0, 0.1) is 13.8 Å². The van der Waals surface area contributed by atoms with Gasteiger partial charge in [-0.15, -0.1) is 22.7 Å². The van der Waals surface area contributed by atoms with Crippen molar-refractivity contribution in [2.24, 2.45) is 0 Å². The van der Waals surface area contributed by atoms with E-state index in [1.165, 1.54) is 43.1 Å². The summed E-state index contributed by atoms with van der Waals surface area (Å²) in [4.78, 5) is 2.71. The third-order valence-corrected chi connectivity index (χ3v) is 6.26. The van der Waals surface area contributed by atoms with E-state index >= 15 is 0 Å². The van der Waals surface area contributed by atoms with Gasteiger partial charge in [0.2, 0.25) is 0 Å². The van der Waals surface area contributed by atoms with Crippen LogP contribution in [0.15, 0.2) is 71.4 Å². The molecule has 0 bridgehead atoms. The van der Waals surface area contributed by atoms with Gasteiger partial charge in [0.15, 0.2) is 0 Å². The van der Waals surface area contributed by atoms with Gasteiger partial charge in [0.25, 0.3) is 0 Å². The van der Waals surface area contributed by atoms with Crippen LogP contribution in [0.4, 0.5) is 0 Å². The van der Waals surface area contributed by atoms with Gasteiger partial charge in [-0.25, -0.2) is 0 Å². The first-order valence-corrected chi connectivity index (χ1v) is 9.77. The Bertz CT molecular complexity index is 954. The summed E-state index contributed by atoms with van der Waals surface area (Å²) in [6.07, 6.45) is 0. The molecule has 0 N–H and O–H groups in total. The fourth-order valence-electron chi connectivity index (χ4n) is 2.81. The summed E-state index contributed by atoms with van der Waals surface area (Å²) in [5.74, 6) is 0. The van der Waals surface area contributed by atoms with Crippen LogP contribution in [0.3, 0.4) is 0 Å². The molecule has 0 aliphatic heterocycles. The SMILES string of the molecule is Cc1ccc(-c2csc(-c3sccc3-c3ccc(C)cc3)c2)cc1. The average molecular weight is 347 g/mol. The standard InChI is InChI=1S/C22H18S2/c1-15-3-7-17(8-4-15)19-13-21(24-14-19)22-20(11-12-23-22)18-9-5-16(2)6-10-18/h3-14H,1-2H3. The molecule has 4 aromatic rings. The summed E-state index contributed by atoms with van der Waals surface area (Å²) >= 11 is 3.65. The highest BCUT2D eigenvalue weighted by Gasteiger charge is 2.12. The van der Waals surface area contributed by atoms with Crippen molar-refractivity contribution in [3.05, 3.63) is 82.6 Å². The molecule has 0 atom stereocenters. The molecule has 2 aromatic carbocycles. The van der Waals surface area contributed by atoms with Crippen molar-refractivity contribution in [1.29, 1.82) is 0 Å². The Labute approximate surface area is 151 Å². The maximum atomic E-state index is 2.32. The molecular weight excluding hydrogens is 328 g/mol. The molecule has 0 aliphatic carbocycles. The van der Waals surface area contributed by atoms with Gasteiger partial charge in [-0.2, -0.15) is 0 Å². The van der Waals surface area contributed by atoms with Crippen molar-refractivity contribution >= 4 is 22.7 Å². The quantitative estimate of drug-likeness (QED) is 0.362. The molecule has 0 nitrogen and oxygen atoms in total. The summed E-state index contributed by atoms with van der Waals surface area (Å²) in [6, 6.07) is 22.1. The van der Waals surface area contributed by atoms with E-state index in [2.05, 4.69) is 85.3 Å². The first kappa shape index (κ1) is 15.4. The van der Waals surface area contributed by atoms with Gasteiger partial charge in [-0.3, -0.25) is 0 Å². The van der Waals surface area contributed by atoms with E-state index in [4.69, 9.17) is 0 Å². The first-order valence-electron chi connectivity index (χ1n) is 8.01. The molecular formula is C22H18S2. The van der Waals surface area contributed by atoms with Crippen molar-refractivity contribution in [3.8, 4) is 32.0 Å². The number of rotatable bonds is 3. The average Bonchev–Trinajstić information content (AvgIpc) is 3.25. The lowest BCUT2D eigenvalue weighted by molar-refractivity contribution is 1.47. The fraction of sp³-hybridized carbons (Fsp3) is 0.0909. The second-order valence-corrected chi connectivity index (χ2v) is 7.92. The predicted octanol–water partition coefficient (Wildman–Crippen LogP) is 7.43. The summed E-state index contributed by atoms with van der Waals surface area (Å²) in [7, 11) is 0. The lowest BCUT2D eigenvalue weighted by Gasteiger charge is -2.03. The molecule has 0 spiro atoms. The fourth-order valence-corrected chi connectivity index (χ4v) is 4.80. The molecule has 0 aliphatic rings. The van der Waals surface area contributed by atoms with E-state index in [-0.39, 0.29) is 0 Å². The van der Waals surface area contributed by atoms with Gasteiger partial charge in [0.1, 0.15) is 0 Å². The maximum Gasteiger partial charge on any atom is 0.0521 e. The third kappa shape index (κ3) is 2.95. The Morgan fingerprint density at radius 2 is 1.25 bits per heavy atom. The summed E-state index contributed by atoms with van der Waals surface area (Å²) in [5.41, 5.74) is 7.82. The number of aryl methyl sites for hydroxylation is 2. The highest BCUT2D eigenvalue weighted by molar-refractivity contribution is 7.21. The number of benzene rings is 2. The second-order valence-electron chi connectivity index (χ2n) is 6.10.